The summed E-state index contributed by atoms with van der Waals surface area (Å²) in [7, 11) is 0. The summed E-state index contributed by atoms with van der Waals surface area (Å²) in [5, 5.41) is 7.05. The van der Waals surface area contributed by atoms with Crippen molar-refractivity contribution >= 4 is 39.7 Å². The number of nitrogens with zero attached hydrogens (tertiary/aromatic N) is 6. The highest BCUT2D eigenvalue weighted by atomic mass is 15.4. The normalized spacial score (nSPS) is 14.4. The Morgan fingerprint density at radius 1 is 0.833 bits per heavy atom. The van der Waals surface area contributed by atoms with Crippen LogP contribution in [0.1, 0.15) is 41.9 Å². The summed E-state index contributed by atoms with van der Waals surface area (Å²) < 4.78 is 1.82. The molecule has 0 unspecified atom stereocenters. The van der Waals surface area contributed by atoms with E-state index in [-0.39, 0.29) is 0 Å². The smallest absolute Gasteiger partial charge is 0.253 e. The molecule has 0 saturated heterocycles. The summed E-state index contributed by atoms with van der Waals surface area (Å²) in [6.45, 7) is 14.5. The standard InChI is InChI=1S/C30H32N6/c1-7-35(8-2)26-15-16-27(19(3)17-26)31-29-28(25-14-13-23-11-9-10-12-24(23)18-25)32-30(33-29)36-22(6)20(4)21(5)34-36/h9-18H,7-8H2,1-6H3. The molecule has 0 radical (unpaired) electrons. The van der Waals surface area contributed by atoms with Crippen molar-refractivity contribution in [3.63, 3.8) is 0 Å². The van der Waals surface area contributed by atoms with Gasteiger partial charge in [-0.05, 0) is 87.7 Å². The summed E-state index contributed by atoms with van der Waals surface area (Å²) in [4.78, 5) is 17.2. The second-order valence-corrected chi connectivity index (χ2v) is 9.22. The Bertz CT molecular complexity index is 1550. The fourth-order valence-corrected chi connectivity index (χ4v) is 4.61. The number of aromatic nitrogens is 2. The van der Waals surface area contributed by atoms with Gasteiger partial charge in [0.1, 0.15) is 5.71 Å². The number of benzene rings is 3. The van der Waals surface area contributed by atoms with Gasteiger partial charge in [0.15, 0.2) is 5.84 Å². The van der Waals surface area contributed by atoms with Gasteiger partial charge >= 0.3 is 0 Å². The first-order valence-electron chi connectivity index (χ1n) is 12.5. The van der Waals surface area contributed by atoms with Crippen LogP contribution >= 0.6 is 0 Å². The second-order valence-electron chi connectivity index (χ2n) is 9.22. The van der Waals surface area contributed by atoms with Crippen molar-refractivity contribution in [2.24, 2.45) is 15.0 Å². The molecule has 36 heavy (non-hydrogen) atoms. The molecule has 2 heterocycles. The van der Waals surface area contributed by atoms with Crippen molar-refractivity contribution in [2.75, 3.05) is 18.0 Å². The van der Waals surface area contributed by atoms with Crippen LogP contribution in [0.5, 0.6) is 0 Å². The third-order valence-corrected chi connectivity index (χ3v) is 7.03. The van der Waals surface area contributed by atoms with Crippen LogP contribution in [0.15, 0.2) is 75.6 Å². The SMILES string of the molecule is CCN(CC)c1ccc(N=C2N=C(n3nc(C)c(C)c3C)N=C2c2ccc3ccccc3c2)c(C)c1. The van der Waals surface area contributed by atoms with Gasteiger partial charge in [0.05, 0.1) is 11.4 Å². The first-order chi connectivity index (χ1) is 17.4. The molecule has 6 nitrogen and oxygen atoms in total. The maximum atomic E-state index is 5.02. The summed E-state index contributed by atoms with van der Waals surface area (Å²) in [6, 6.07) is 21.1. The Morgan fingerprint density at radius 2 is 1.58 bits per heavy atom. The molecule has 0 fully saturated rings. The number of aliphatic imine (C=N–C) groups is 3. The highest BCUT2D eigenvalue weighted by Gasteiger charge is 2.24. The predicted molar refractivity (Wildman–Crippen MR) is 152 cm³/mol. The van der Waals surface area contributed by atoms with E-state index < -0.39 is 0 Å². The van der Waals surface area contributed by atoms with Crippen molar-refractivity contribution in [1.82, 2.24) is 9.78 Å². The van der Waals surface area contributed by atoms with Gasteiger partial charge in [0.2, 0.25) is 0 Å². The average molecular weight is 477 g/mol. The number of rotatable bonds is 5. The first-order valence-corrected chi connectivity index (χ1v) is 12.5. The molecule has 1 aromatic heterocycles. The molecule has 1 aliphatic rings. The van der Waals surface area contributed by atoms with Crippen molar-refractivity contribution < 1.29 is 0 Å². The van der Waals surface area contributed by atoms with E-state index in [1.54, 1.807) is 0 Å². The number of amidine groups is 1. The van der Waals surface area contributed by atoms with Gasteiger partial charge in [0.25, 0.3) is 5.96 Å². The Labute approximate surface area is 212 Å². The molecule has 6 heteroatoms. The Morgan fingerprint density at radius 3 is 2.25 bits per heavy atom. The minimum absolute atomic E-state index is 0.544. The molecular formula is C30H32N6. The molecule has 1 aliphatic heterocycles. The molecule has 3 aromatic carbocycles. The average Bonchev–Trinajstić information content (AvgIpc) is 3.42. The van der Waals surface area contributed by atoms with Crippen LogP contribution in [0, 0.1) is 27.7 Å². The first kappa shape index (κ1) is 23.7. The number of hydrogen-bond donors (Lipinski definition) is 0. The monoisotopic (exact) mass is 476 g/mol. The maximum absolute atomic E-state index is 5.02. The molecule has 0 saturated carbocycles. The van der Waals surface area contributed by atoms with Gasteiger partial charge in [0, 0.05) is 30.0 Å². The molecule has 4 aromatic rings. The minimum atomic E-state index is 0.544. The Kier molecular flexibility index (Phi) is 6.27. The number of fused-ring (bicyclic) bond motifs is 1. The summed E-state index contributed by atoms with van der Waals surface area (Å²) in [5.74, 6) is 1.15. The van der Waals surface area contributed by atoms with Crippen LogP contribution in [0.25, 0.3) is 10.8 Å². The molecule has 0 atom stereocenters. The van der Waals surface area contributed by atoms with Crippen LogP contribution < -0.4 is 4.90 Å². The summed E-state index contributed by atoms with van der Waals surface area (Å²) in [5.41, 5.74) is 8.11. The van der Waals surface area contributed by atoms with E-state index in [0.717, 1.165) is 58.0 Å². The van der Waals surface area contributed by atoms with Crippen LogP contribution in [-0.4, -0.2) is 40.4 Å². The van der Waals surface area contributed by atoms with Crippen molar-refractivity contribution in [3.05, 3.63) is 88.7 Å². The zero-order valence-electron chi connectivity index (χ0n) is 21.9. The Hall–Kier alpha value is -4.06. The lowest BCUT2D eigenvalue weighted by Crippen LogP contribution is -2.21. The highest BCUT2D eigenvalue weighted by molar-refractivity contribution is 6.53. The van der Waals surface area contributed by atoms with E-state index >= 15 is 0 Å². The Balaban J connectivity index is 1.63. The molecule has 0 amide bonds. The van der Waals surface area contributed by atoms with E-state index in [9.17, 15) is 0 Å². The molecule has 0 N–H and O–H groups in total. The van der Waals surface area contributed by atoms with Gasteiger partial charge in [-0.1, -0.05) is 36.4 Å². The van der Waals surface area contributed by atoms with E-state index in [4.69, 9.17) is 20.1 Å². The topological polar surface area (TPSA) is 58.1 Å². The van der Waals surface area contributed by atoms with Gasteiger partial charge in [-0.3, -0.25) is 0 Å². The van der Waals surface area contributed by atoms with Gasteiger partial charge in [-0.15, -0.1) is 0 Å². The lowest BCUT2D eigenvalue weighted by Gasteiger charge is -2.21. The van der Waals surface area contributed by atoms with Crippen LogP contribution in [0.2, 0.25) is 0 Å². The van der Waals surface area contributed by atoms with Crippen LogP contribution in [0.4, 0.5) is 11.4 Å². The second kappa shape index (κ2) is 9.53. The summed E-state index contributed by atoms with van der Waals surface area (Å²) in [6.07, 6.45) is 0. The van der Waals surface area contributed by atoms with Gasteiger partial charge < -0.3 is 4.90 Å². The van der Waals surface area contributed by atoms with Gasteiger partial charge in [-0.25, -0.2) is 14.7 Å². The van der Waals surface area contributed by atoms with Crippen LogP contribution in [0.3, 0.4) is 0 Å². The van der Waals surface area contributed by atoms with Crippen LogP contribution in [-0.2, 0) is 0 Å². The molecule has 0 aliphatic carbocycles. The minimum Gasteiger partial charge on any atom is -0.372 e. The molecular weight excluding hydrogens is 444 g/mol. The van der Waals surface area contributed by atoms with E-state index in [0.29, 0.717) is 11.8 Å². The summed E-state index contributed by atoms with van der Waals surface area (Å²) >= 11 is 0. The maximum Gasteiger partial charge on any atom is 0.253 e. The van der Waals surface area contributed by atoms with Gasteiger partial charge in [-0.2, -0.15) is 10.1 Å². The van der Waals surface area contributed by atoms with E-state index in [1.807, 2.05) is 18.5 Å². The lowest BCUT2D eigenvalue weighted by molar-refractivity contribution is 0.865. The molecule has 0 spiro atoms. The fourth-order valence-electron chi connectivity index (χ4n) is 4.61. The molecule has 0 bridgehead atoms. The quantitative estimate of drug-likeness (QED) is 0.328. The number of anilines is 1. The van der Waals surface area contributed by atoms with E-state index in [2.05, 4.69) is 93.3 Å². The van der Waals surface area contributed by atoms with E-state index in [1.165, 1.54) is 11.1 Å². The molecule has 182 valence electrons. The predicted octanol–water partition coefficient (Wildman–Crippen LogP) is 6.55. The number of aryl methyl sites for hydroxylation is 2. The number of hydrogen-bond acceptors (Lipinski definition) is 4. The molecule has 5 rings (SSSR count). The highest BCUT2D eigenvalue weighted by Crippen LogP contribution is 2.27. The largest absolute Gasteiger partial charge is 0.372 e. The fraction of sp³-hybridized carbons (Fsp3) is 0.267. The van der Waals surface area contributed by atoms with Crippen molar-refractivity contribution in [2.45, 2.75) is 41.5 Å². The zero-order valence-corrected chi connectivity index (χ0v) is 21.9. The van der Waals surface area contributed by atoms with Crippen molar-refractivity contribution in [1.29, 1.82) is 0 Å². The lowest BCUT2D eigenvalue weighted by atomic mass is 10.0. The van der Waals surface area contributed by atoms with Crippen molar-refractivity contribution in [3.8, 4) is 0 Å². The third-order valence-electron chi connectivity index (χ3n) is 7.03. The zero-order chi connectivity index (χ0) is 25.4. The third kappa shape index (κ3) is 4.24.